The Kier molecular flexibility index (Phi) is 2.81. The van der Waals surface area contributed by atoms with Gasteiger partial charge >= 0.3 is 5.69 Å². The molecular weight excluding hydrogens is 204 g/mol. The van der Waals surface area contributed by atoms with Crippen molar-refractivity contribution in [3.63, 3.8) is 0 Å². The number of aromatic nitrogens is 2. The summed E-state index contributed by atoms with van der Waals surface area (Å²) in [5, 5.41) is 0. The highest BCUT2D eigenvalue weighted by atomic mass is 16.5. The number of methoxy groups -OCH3 is 1. The minimum absolute atomic E-state index is 0.0223. The van der Waals surface area contributed by atoms with E-state index in [2.05, 4.69) is 0 Å². The van der Waals surface area contributed by atoms with Crippen molar-refractivity contribution in [3.8, 4) is 5.75 Å². The molecule has 0 atom stereocenters. The zero-order valence-corrected chi connectivity index (χ0v) is 9.38. The fraction of sp³-hybridized carbons (Fsp3) is 0.250. The molecule has 0 bridgehead atoms. The molecule has 0 spiro atoms. The number of imidazole rings is 1. The molecule has 16 heavy (non-hydrogen) atoms. The Labute approximate surface area is 93.7 Å². The number of nitrogens with zero attached hydrogens (tertiary/aromatic N) is 2. The van der Waals surface area contributed by atoms with E-state index in [9.17, 15) is 4.79 Å². The van der Waals surface area contributed by atoms with Gasteiger partial charge in [0.2, 0.25) is 0 Å². The maximum Gasteiger partial charge on any atom is 0.328 e. The Balaban J connectivity index is 2.34. The van der Waals surface area contributed by atoms with E-state index in [0.29, 0.717) is 6.54 Å². The molecule has 0 saturated carbocycles. The van der Waals surface area contributed by atoms with Crippen LogP contribution in [0.4, 0.5) is 0 Å². The quantitative estimate of drug-likeness (QED) is 0.777. The molecular formula is C12H14N2O2. The predicted octanol–water partition coefficient (Wildman–Crippen LogP) is 1.24. The molecule has 84 valence electrons. The molecule has 0 fully saturated rings. The van der Waals surface area contributed by atoms with Gasteiger partial charge in [-0.2, -0.15) is 0 Å². The maximum absolute atomic E-state index is 11.7. The van der Waals surface area contributed by atoms with Crippen molar-refractivity contribution in [2.24, 2.45) is 7.05 Å². The summed E-state index contributed by atoms with van der Waals surface area (Å²) >= 11 is 0. The number of hydrogen-bond acceptors (Lipinski definition) is 2. The van der Waals surface area contributed by atoms with Crippen LogP contribution in [0.25, 0.3) is 0 Å². The number of ether oxygens (including phenoxy) is 1. The monoisotopic (exact) mass is 218 g/mol. The van der Waals surface area contributed by atoms with Crippen molar-refractivity contribution in [2.45, 2.75) is 6.54 Å². The molecule has 0 saturated heterocycles. The molecule has 0 aliphatic rings. The summed E-state index contributed by atoms with van der Waals surface area (Å²) in [6.45, 7) is 0.531. The van der Waals surface area contributed by atoms with Crippen LogP contribution in [-0.2, 0) is 13.6 Å². The summed E-state index contributed by atoms with van der Waals surface area (Å²) in [7, 11) is 3.37. The molecule has 0 unspecified atom stereocenters. The second kappa shape index (κ2) is 4.26. The Hall–Kier alpha value is -1.97. The van der Waals surface area contributed by atoms with Crippen LogP contribution in [0.15, 0.2) is 41.5 Å². The third kappa shape index (κ3) is 1.86. The molecule has 4 heteroatoms. The van der Waals surface area contributed by atoms with Crippen LogP contribution in [0, 0.1) is 0 Å². The van der Waals surface area contributed by atoms with E-state index < -0.39 is 0 Å². The first-order chi connectivity index (χ1) is 7.72. The molecule has 2 aromatic rings. The largest absolute Gasteiger partial charge is 0.496 e. The number of rotatable bonds is 3. The van der Waals surface area contributed by atoms with E-state index >= 15 is 0 Å². The van der Waals surface area contributed by atoms with E-state index in [1.165, 1.54) is 0 Å². The number of aryl methyl sites for hydroxylation is 1. The first-order valence-corrected chi connectivity index (χ1v) is 5.06. The molecule has 0 aliphatic heterocycles. The lowest BCUT2D eigenvalue weighted by Gasteiger charge is -2.07. The van der Waals surface area contributed by atoms with Gasteiger partial charge in [0.25, 0.3) is 0 Å². The Morgan fingerprint density at radius 1 is 1.25 bits per heavy atom. The van der Waals surface area contributed by atoms with Crippen LogP contribution < -0.4 is 10.4 Å². The van der Waals surface area contributed by atoms with Crippen LogP contribution in [0.3, 0.4) is 0 Å². The second-order valence-electron chi connectivity index (χ2n) is 3.63. The van der Waals surface area contributed by atoms with Crippen molar-refractivity contribution in [1.82, 2.24) is 9.13 Å². The van der Waals surface area contributed by atoms with E-state index in [0.717, 1.165) is 11.3 Å². The van der Waals surface area contributed by atoms with E-state index in [1.54, 1.807) is 35.7 Å². The van der Waals surface area contributed by atoms with Crippen molar-refractivity contribution in [2.75, 3.05) is 7.11 Å². The van der Waals surface area contributed by atoms with Gasteiger partial charge in [0.1, 0.15) is 5.75 Å². The van der Waals surface area contributed by atoms with Gasteiger partial charge in [-0.05, 0) is 6.07 Å². The van der Waals surface area contributed by atoms with Gasteiger partial charge < -0.3 is 9.30 Å². The number of para-hydroxylation sites is 1. The van der Waals surface area contributed by atoms with Gasteiger partial charge in [-0.15, -0.1) is 0 Å². The van der Waals surface area contributed by atoms with Crippen LogP contribution in [0.5, 0.6) is 5.75 Å². The van der Waals surface area contributed by atoms with Crippen LogP contribution in [0.1, 0.15) is 5.56 Å². The van der Waals surface area contributed by atoms with Crippen molar-refractivity contribution >= 4 is 0 Å². The maximum atomic E-state index is 11.7. The molecule has 1 aromatic heterocycles. The second-order valence-corrected chi connectivity index (χ2v) is 3.63. The van der Waals surface area contributed by atoms with Crippen molar-refractivity contribution < 1.29 is 4.74 Å². The van der Waals surface area contributed by atoms with Gasteiger partial charge in [0, 0.05) is 25.0 Å². The average molecular weight is 218 g/mol. The smallest absolute Gasteiger partial charge is 0.328 e. The first kappa shape index (κ1) is 10.5. The lowest BCUT2D eigenvalue weighted by atomic mass is 10.2. The first-order valence-electron chi connectivity index (χ1n) is 5.06. The van der Waals surface area contributed by atoms with E-state index in [-0.39, 0.29) is 5.69 Å². The number of hydrogen-bond donors (Lipinski definition) is 0. The highest BCUT2D eigenvalue weighted by molar-refractivity contribution is 5.33. The topological polar surface area (TPSA) is 36.2 Å². The van der Waals surface area contributed by atoms with Crippen molar-refractivity contribution in [1.29, 1.82) is 0 Å². The van der Waals surface area contributed by atoms with Gasteiger partial charge in [-0.25, -0.2) is 4.79 Å². The molecule has 0 amide bonds. The molecule has 0 radical (unpaired) electrons. The van der Waals surface area contributed by atoms with Gasteiger partial charge in [-0.1, -0.05) is 18.2 Å². The lowest BCUT2D eigenvalue weighted by Crippen LogP contribution is -2.22. The fourth-order valence-corrected chi connectivity index (χ4v) is 1.65. The third-order valence-corrected chi connectivity index (χ3v) is 2.55. The zero-order valence-electron chi connectivity index (χ0n) is 9.38. The van der Waals surface area contributed by atoms with Gasteiger partial charge in [0.15, 0.2) is 0 Å². The summed E-state index contributed by atoms with van der Waals surface area (Å²) in [4.78, 5) is 11.7. The summed E-state index contributed by atoms with van der Waals surface area (Å²) in [5.74, 6) is 0.804. The highest BCUT2D eigenvalue weighted by Crippen LogP contribution is 2.17. The normalized spacial score (nSPS) is 10.4. The van der Waals surface area contributed by atoms with E-state index in [1.807, 2.05) is 24.3 Å². The highest BCUT2D eigenvalue weighted by Gasteiger charge is 2.05. The zero-order chi connectivity index (χ0) is 11.5. The van der Waals surface area contributed by atoms with Gasteiger partial charge in [0.05, 0.1) is 13.7 Å². The minimum atomic E-state index is -0.0223. The predicted molar refractivity (Wildman–Crippen MR) is 61.8 cm³/mol. The molecule has 1 aromatic carbocycles. The van der Waals surface area contributed by atoms with E-state index in [4.69, 9.17) is 4.74 Å². The molecule has 2 rings (SSSR count). The van der Waals surface area contributed by atoms with Crippen LogP contribution in [0.2, 0.25) is 0 Å². The standard InChI is InChI=1S/C12H14N2O2/c1-13-7-8-14(12(13)15)9-10-5-3-4-6-11(10)16-2/h3-8H,9H2,1-2H3. The van der Waals surface area contributed by atoms with Crippen LogP contribution >= 0.6 is 0 Å². The Morgan fingerprint density at radius 3 is 2.62 bits per heavy atom. The molecule has 4 nitrogen and oxygen atoms in total. The molecule has 0 N–H and O–H groups in total. The lowest BCUT2D eigenvalue weighted by molar-refractivity contribution is 0.408. The summed E-state index contributed by atoms with van der Waals surface area (Å²) < 4.78 is 8.44. The fourth-order valence-electron chi connectivity index (χ4n) is 1.65. The molecule has 0 aliphatic carbocycles. The molecule has 1 heterocycles. The van der Waals surface area contributed by atoms with Crippen LogP contribution in [-0.4, -0.2) is 16.2 Å². The minimum Gasteiger partial charge on any atom is -0.496 e. The Morgan fingerprint density at radius 2 is 2.00 bits per heavy atom. The average Bonchev–Trinajstić information content (AvgIpc) is 2.62. The Bertz CT molecular complexity index is 540. The van der Waals surface area contributed by atoms with Crippen molar-refractivity contribution in [3.05, 3.63) is 52.7 Å². The summed E-state index contributed by atoms with van der Waals surface area (Å²) in [6.07, 6.45) is 3.52. The summed E-state index contributed by atoms with van der Waals surface area (Å²) in [6, 6.07) is 7.70. The van der Waals surface area contributed by atoms with Gasteiger partial charge in [-0.3, -0.25) is 4.57 Å². The SMILES string of the molecule is COc1ccccc1Cn1ccn(C)c1=O. The summed E-state index contributed by atoms with van der Waals surface area (Å²) in [5.41, 5.74) is 0.976. The number of benzene rings is 1. The third-order valence-electron chi connectivity index (χ3n) is 2.55.